The van der Waals surface area contributed by atoms with Gasteiger partial charge in [-0.15, -0.1) is 0 Å². The average Bonchev–Trinajstić information content (AvgIpc) is 2.77. The second kappa shape index (κ2) is 4.84. The highest BCUT2D eigenvalue weighted by Gasteiger charge is 2.13. The maximum atomic E-state index is 4.25. The Bertz CT molecular complexity index is 279. The van der Waals surface area contributed by atoms with Gasteiger partial charge in [-0.3, -0.25) is 4.68 Å². The molecule has 0 radical (unpaired) electrons. The summed E-state index contributed by atoms with van der Waals surface area (Å²) in [4.78, 5) is 0. The molecule has 14 heavy (non-hydrogen) atoms. The lowest BCUT2D eigenvalue weighted by Gasteiger charge is -2.10. The van der Waals surface area contributed by atoms with Crippen LogP contribution >= 0.6 is 11.8 Å². The van der Waals surface area contributed by atoms with Crippen LogP contribution in [0.2, 0.25) is 0 Å². The van der Waals surface area contributed by atoms with Crippen molar-refractivity contribution in [2.45, 2.75) is 25.9 Å². The second-order valence-electron chi connectivity index (χ2n) is 3.80. The molecule has 1 aliphatic heterocycles. The predicted octanol–water partition coefficient (Wildman–Crippen LogP) is 1.29. The summed E-state index contributed by atoms with van der Waals surface area (Å²) in [5.41, 5.74) is 1.24. The molecule has 4 heteroatoms. The summed E-state index contributed by atoms with van der Waals surface area (Å²) >= 11 is 2.05. The number of thioether (sulfide) groups is 1. The Kier molecular flexibility index (Phi) is 3.48. The van der Waals surface area contributed by atoms with Gasteiger partial charge in [0.15, 0.2) is 0 Å². The van der Waals surface area contributed by atoms with E-state index in [9.17, 15) is 0 Å². The quantitative estimate of drug-likeness (QED) is 0.814. The largest absolute Gasteiger partial charge is 0.311 e. The number of aromatic nitrogens is 2. The molecule has 1 atom stereocenters. The summed E-state index contributed by atoms with van der Waals surface area (Å²) < 4.78 is 2.00. The smallest absolute Gasteiger partial charge is 0.0534 e. The van der Waals surface area contributed by atoms with Crippen molar-refractivity contribution in [2.24, 2.45) is 0 Å². The summed E-state index contributed by atoms with van der Waals surface area (Å²) in [6, 6.07) is 0.733. The second-order valence-corrected chi connectivity index (χ2v) is 4.95. The predicted molar refractivity (Wildman–Crippen MR) is 60.7 cm³/mol. The Labute approximate surface area is 89.3 Å². The zero-order valence-corrected chi connectivity index (χ0v) is 9.39. The molecule has 78 valence electrons. The van der Waals surface area contributed by atoms with E-state index < -0.39 is 0 Å². The summed E-state index contributed by atoms with van der Waals surface area (Å²) in [5.74, 6) is 2.59. The third kappa shape index (κ3) is 2.75. The van der Waals surface area contributed by atoms with E-state index in [1.54, 1.807) is 0 Å². The first-order chi connectivity index (χ1) is 6.84. The van der Waals surface area contributed by atoms with E-state index in [0.717, 1.165) is 19.1 Å². The molecule has 1 unspecified atom stereocenters. The maximum Gasteiger partial charge on any atom is 0.0534 e. The van der Waals surface area contributed by atoms with Gasteiger partial charge in [0.25, 0.3) is 0 Å². The number of nitrogens with one attached hydrogen (secondary N) is 1. The molecule has 0 saturated carbocycles. The zero-order valence-electron chi connectivity index (χ0n) is 8.57. The minimum atomic E-state index is 0.733. The van der Waals surface area contributed by atoms with Crippen LogP contribution in [0, 0.1) is 6.92 Å². The van der Waals surface area contributed by atoms with E-state index in [0.29, 0.717) is 0 Å². The van der Waals surface area contributed by atoms with Crippen LogP contribution < -0.4 is 5.32 Å². The van der Waals surface area contributed by atoms with Crippen LogP contribution in [0.3, 0.4) is 0 Å². The Morgan fingerprint density at radius 1 is 1.71 bits per heavy atom. The van der Waals surface area contributed by atoms with E-state index >= 15 is 0 Å². The van der Waals surface area contributed by atoms with Crippen molar-refractivity contribution in [1.29, 1.82) is 0 Å². The molecule has 1 aromatic rings. The molecule has 1 aromatic heterocycles. The highest BCUT2D eigenvalue weighted by Crippen LogP contribution is 2.16. The molecule has 0 aromatic carbocycles. The first-order valence-electron chi connectivity index (χ1n) is 5.15. The highest BCUT2D eigenvalue weighted by molar-refractivity contribution is 7.99. The van der Waals surface area contributed by atoms with Crippen LogP contribution in [0.25, 0.3) is 0 Å². The van der Waals surface area contributed by atoms with Crippen molar-refractivity contribution < 1.29 is 0 Å². The molecule has 0 spiro atoms. The van der Waals surface area contributed by atoms with Crippen molar-refractivity contribution in [3.63, 3.8) is 0 Å². The minimum Gasteiger partial charge on any atom is -0.311 e. The Morgan fingerprint density at radius 3 is 3.29 bits per heavy atom. The topological polar surface area (TPSA) is 29.9 Å². The van der Waals surface area contributed by atoms with Crippen LogP contribution in [0.15, 0.2) is 12.4 Å². The van der Waals surface area contributed by atoms with E-state index in [4.69, 9.17) is 0 Å². The lowest BCUT2D eigenvalue weighted by Crippen LogP contribution is -2.31. The molecule has 1 aliphatic rings. The SMILES string of the molecule is Cc1cnn(CCNC2CCSC2)c1. The lowest BCUT2D eigenvalue weighted by atomic mass is 10.3. The summed E-state index contributed by atoms with van der Waals surface area (Å²) in [6.45, 7) is 4.09. The molecule has 1 fully saturated rings. The van der Waals surface area contributed by atoms with Gasteiger partial charge in [-0.05, 0) is 24.7 Å². The summed E-state index contributed by atoms with van der Waals surface area (Å²) in [5, 5.41) is 7.81. The van der Waals surface area contributed by atoms with Crippen molar-refractivity contribution in [1.82, 2.24) is 15.1 Å². The van der Waals surface area contributed by atoms with Crippen molar-refractivity contribution in [3.05, 3.63) is 18.0 Å². The normalized spacial score (nSPS) is 21.6. The molecule has 3 nitrogen and oxygen atoms in total. The monoisotopic (exact) mass is 211 g/mol. The van der Waals surface area contributed by atoms with E-state index in [2.05, 4.69) is 23.5 Å². The first kappa shape index (κ1) is 10.1. The van der Waals surface area contributed by atoms with Gasteiger partial charge in [-0.1, -0.05) is 0 Å². The van der Waals surface area contributed by atoms with Gasteiger partial charge in [-0.25, -0.2) is 0 Å². The summed E-state index contributed by atoms with van der Waals surface area (Å²) in [6.07, 6.45) is 5.32. The number of hydrogen-bond acceptors (Lipinski definition) is 3. The fourth-order valence-electron chi connectivity index (χ4n) is 1.67. The van der Waals surface area contributed by atoms with Gasteiger partial charge in [0.05, 0.1) is 12.7 Å². The minimum absolute atomic E-state index is 0.733. The number of rotatable bonds is 4. The van der Waals surface area contributed by atoms with Crippen LogP contribution in [-0.4, -0.2) is 33.9 Å². The third-order valence-electron chi connectivity index (χ3n) is 2.47. The van der Waals surface area contributed by atoms with Crippen molar-refractivity contribution in [3.8, 4) is 0 Å². The van der Waals surface area contributed by atoms with Gasteiger partial charge in [0, 0.05) is 24.5 Å². The van der Waals surface area contributed by atoms with Crippen LogP contribution in [0.1, 0.15) is 12.0 Å². The fourth-order valence-corrected chi connectivity index (χ4v) is 2.85. The highest BCUT2D eigenvalue weighted by atomic mass is 32.2. The molecular formula is C10H17N3S. The standard InChI is InChI=1S/C10H17N3S/c1-9-6-12-13(7-9)4-3-11-10-2-5-14-8-10/h6-7,10-11H,2-5,8H2,1H3. The van der Waals surface area contributed by atoms with E-state index in [1.165, 1.54) is 23.5 Å². The van der Waals surface area contributed by atoms with Crippen LogP contribution in [0.4, 0.5) is 0 Å². The fraction of sp³-hybridized carbons (Fsp3) is 0.700. The van der Waals surface area contributed by atoms with Gasteiger partial charge in [0.1, 0.15) is 0 Å². The van der Waals surface area contributed by atoms with Gasteiger partial charge >= 0.3 is 0 Å². The van der Waals surface area contributed by atoms with E-state index in [1.807, 2.05) is 22.6 Å². The molecular weight excluding hydrogens is 194 g/mol. The first-order valence-corrected chi connectivity index (χ1v) is 6.30. The molecule has 1 saturated heterocycles. The molecule has 0 aliphatic carbocycles. The summed E-state index contributed by atoms with van der Waals surface area (Å²) in [7, 11) is 0. The zero-order chi connectivity index (χ0) is 9.80. The van der Waals surface area contributed by atoms with Gasteiger partial charge in [0.2, 0.25) is 0 Å². The van der Waals surface area contributed by atoms with Gasteiger partial charge < -0.3 is 5.32 Å². The van der Waals surface area contributed by atoms with Crippen LogP contribution in [0.5, 0.6) is 0 Å². The number of hydrogen-bond donors (Lipinski definition) is 1. The molecule has 2 rings (SSSR count). The molecule has 0 bridgehead atoms. The van der Waals surface area contributed by atoms with Gasteiger partial charge in [-0.2, -0.15) is 16.9 Å². The number of aryl methyl sites for hydroxylation is 1. The lowest BCUT2D eigenvalue weighted by molar-refractivity contribution is 0.500. The van der Waals surface area contributed by atoms with Crippen molar-refractivity contribution >= 4 is 11.8 Å². The Hall–Kier alpha value is -0.480. The molecule has 2 heterocycles. The average molecular weight is 211 g/mol. The molecule has 0 amide bonds. The van der Waals surface area contributed by atoms with Crippen LogP contribution in [-0.2, 0) is 6.54 Å². The Balaban J connectivity index is 1.67. The van der Waals surface area contributed by atoms with Crippen molar-refractivity contribution in [2.75, 3.05) is 18.1 Å². The van der Waals surface area contributed by atoms with E-state index in [-0.39, 0.29) is 0 Å². The number of nitrogens with zero attached hydrogens (tertiary/aromatic N) is 2. The molecule has 1 N–H and O–H groups in total. The third-order valence-corrected chi connectivity index (χ3v) is 3.63. The Morgan fingerprint density at radius 2 is 2.64 bits per heavy atom. The maximum absolute atomic E-state index is 4.25.